The fraction of sp³-hybridized carbons (Fsp3) is 0.462. The number of ether oxygens (including phenoxy) is 1. The molecular weight excluding hydrogens is 284 g/mol. The van der Waals surface area contributed by atoms with E-state index in [1.165, 1.54) is 18.2 Å². The van der Waals surface area contributed by atoms with E-state index < -0.39 is 10.8 Å². The molecule has 1 fully saturated rings. The van der Waals surface area contributed by atoms with Crippen LogP contribution in [-0.4, -0.2) is 30.1 Å². The molecule has 1 heterocycles. The molecule has 1 N–H and O–H groups in total. The number of carbonyl (C=O) groups is 1. The van der Waals surface area contributed by atoms with Gasteiger partial charge in [-0.3, -0.25) is 14.9 Å². The van der Waals surface area contributed by atoms with Crippen molar-refractivity contribution >= 4 is 23.2 Å². The predicted molar refractivity (Wildman–Crippen MR) is 74.0 cm³/mol. The van der Waals surface area contributed by atoms with E-state index in [2.05, 4.69) is 5.32 Å². The Morgan fingerprint density at radius 1 is 1.50 bits per heavy atom. The van der Waals surface area contributed by atoms with Gasteiger partial charge in [0.05, 0.1) is 11.0 Å². The van der Waals surface area contributed by atoms with Gasteiger partial charge in [-0.05, 0) is 31.4 Å². The molecule has 2 rings (SSSR count). The average molecular weight is 299 g/mol. The first-order chi connectivity index (χ1) is 9.58. The number of nitro groups is 1. The number of nitrogens with zero attached hydrogens (tertiary/aromatic N) is 1. The highest BCUT2D eigenvalue weighted by Crippen LogP contribution is 2.22. The Kier molecular flexibility index (Phi) is 4.92. The second-order valence-electron chi connectivity index (χ2n) is 4.62. The van der Waals surface area contributed by atoms with Crippen molar-refractivity contribution in [1.29, 1.82) is 0 Å². The number of rotatable bonds is 4. The zero-order chi connectivity index (χ0) is 14.5. The highest BCUT2D eigenvalue weighted by Gasteiger charge is 2.22. The molecule has 0 radical (unpaired) electrons. The highest BCUT2D eigenvalue weighted by molar-refractivity contribution is 6.31. The van der Waals surface area contributed by atoms with E-state index in [0.29, 0.717) is 13.2 Å². The molecule has 1 unspecified atom stereocenters. The Morgan fingerprint density at radius 3 is 2.95 bits per heavy atom. The summed E-state index contributed by atoms with van der Waals surface area (Å²) in [6, 6.07) is 3.92. The van der Waals surface area contributed by atoms with Crippen LogP contribution < -0.4 is 5.32 Å². The summed E-state index contributed by atoms with van der Waals surface area (Å²) in [6.45, 7) is 1.04. The number of amides is 1. The number of nitro benzene ring substituents is 1. The van der Waals surface area contributed by atoms with Gasteiger partial charge in [-0.1, -0.05) is 11.6 Å². The summed E-state index contributed by atoms with van der Waals surface area (Å²) in [6.07, 6.45) is 2.96. The smallest absolute Gasteiger partial charge is 0.282 e. The van der Waals surface area contributed by atoms with Gasteiger partial charge in [0.2, 0.25) is 0 Å². The summed E-state index contributed by atoms with van der Waals surface area (Å²) in [5.74, 6) is -0.506. The third-order valence-corrected chi connectivity index (χ3v) is 3.40. The molecular formula is C13H15ClN2O4. The minimum Gasteiger partial charge on any atom is -0.376 e. The predicted octanol–water partition coefficient (Wildman–Crippen LogP) is 2.55. The van der Waals surface area contributed by atoms with Gasteiger partial charge < -0.3 is 10.1 Å². The molecule has 6 nitrogen and oxygen atoms in total. The monoisotopic (exact) mass is 298 g/mol. The molecule has 0 aromatic heterocycles. The van der Waals surface area contributed by atoms with E-state index in [1.807, 2.05) is 0 Å². The maximum absolute atomic E-state index is 12.0. The molecule has 1 aliphatic heterocycles. The van der Waals surface area contributed by atoms with Crippen LogP contribution in [0.4, 0.5) is 5.69 Å². The standard InChI is InChI=1S/C13H15ClN2O4/c14-9-4-5-12(16(18)19)11(7-9)13(17)15-8-10-3-1-2-6-20-10/h4-5,7,10H,1-3,6,8H2,(H,15,17). The summed E-state index contributed by atoms with van der Waals surface area (Å²) in [7, 11) is 0. The van der Waals surface area contributed by atoms with Crippen LogP contribution in [0.2, 0.25) is 5.02 Å². The van der Waals surface area contributed by atoms with E-state index in [-0.39, 0.29) is 22.4 Å². The van der Waals surface area contributed by atoms with E-state index in [1.54, 1.807) is 0 Å². The van der Waals surface area contributed by atoms with Gasteiger partial charge in [-0.15, -0.1) is 0 Å². The number of hydrogen-bond donors (Lipinski definition) is 1. The molecule has 20 heavy (non-hydrogen) atoms. The second kappa shape index (κ2) is 6.67. The van der Waals surface area contributed by atoms with Gasteiger partial charge in [-0.25, -0.2) is 0 Å². The Hall–Kier alpha value is -1.66. The topological polar surface area (TPSA) is 81.5 Å². The number of halogens is 1. The van der Waals surface area contributed by atoms with Crippen molar-refractivity contribution < 1.29 is 14.5 Å². The lowest BCUT2D eigenvalue weighted by molar-refractivity contribution is -0.385. The maximum atomic E-state index is 12.0. The molecule has 108 valence electrons. The van der Waals surface area contributed by atoms with Crippen LogP contribution in [0.1, 0.15) is 29.6 Å². The molecule has 0 aliphatic carbocycles. The van der Waals surface area contributed by atoms with Crippen LogP contribution in [-0.2, 0) is 4.74 Å². The van der Waals surface area contributed by atoms with Crippen LogP contribution >= 0.6 is 11.6 Å². The molecule has 1 atom stereocenters. The molecule has 1 saturated heterocycles. The maximum Gasteiger partial charge on any atom is 0.282 e. The van der Waals surface area contributed by atoms with Crippen molar-refractivity contribution in [3.05, 3.63) is 38.9 Å². The van der Waals surface area contributed by atoms with Gasteiger partial charge in [0.15, 0.2) is 0 Å². The number of benzene rings is 1. The number of hydrogen-bond acceptors (Lipinski definition) is 4. The third kappa shape index (κ3) is 3.68. The van der Waals surface area contributed by atoms with E-state index in [4.69, 9.17) is 16.3 Å². The van der Waals surface area contributed by atoms with Crippen LogP contribution in [0, 0.1) is 10.1 Å². The zero-order valence-corrected chi connectivity index (χ0v) is 11.6. The molecule has 1 amide bonds. The summed E-state index contributed by atoms with van der Waals surface area (Å²) in [5, 5.41) is 13.9. The Labute approximate surface area is 121 Å². The SMILES string of the molecule is O=C(NCC1CCCCO1)c1cc(Cl)ccc1[N+](=O)[O-]. The van der Waals surface area contributed by atoms with E-state index in [9.17, 15) is 14.9 Å². The summed E-state index contributed by atoms with van der Waals surface area (Å²) in [4.78, 5) is 22.3. The molecule has 0 bridgehead atoms. The lowest BCUT2D eigenvalue weighted by Crippen LogP contribution is -2.35. The van der Waals surface area contributed by atoms with Gasteiger partial charge >= 0.3 is 0 Å². The minimum absolute atomic E-state index is 0.0223. The number of nitrogens with one attached hydrogen (secondary N) is 1. The normalized spacial score (nSPS) is 18.6. The molecule has 1 aliphatic rings. The molecule has 1 aromatic rings. The molecule has 0 spiro atoms. The fourth-order valence-corrected chi connectivity index (χ4v) is 2.29. The van der Waals surface area contributed by atoms with Crippen molar-refractivity contribution in [2.45, 2.75) is 25.4 Å². The van der Waals surface area contributed by atoms with Crippen molar-refractivity contribution in [2.24, 2.45) is 0 Å². The summed E-state index contributed by atoms with van der Waals surface area (Å²) >= 11 is 5.79. The Balaban J connectivity index is 2.04. The van der Waals surface area contributed by atoms with Crippen molar-refractivity contribution in [3.63, 3.8) is 0 Å². The summed E-state index contributed by atoms with van der Waals surface area (Å²) in [5.41, 5.74) is -0.283. The lowest BCUT2D eigenvalue weighted by atomic mass is 10.1. The van der Waals surface area contributed by atoms with Gasteiger partial charge in [0, 0.05) is 24.2 Å². The first-order valence-corrected chi connectivity index (χ1v) is 6.79. The van der Waals surface area contributed by atoms with Crippen molar-refractivity contribution in [2.75, 3.05) is 13.2 Å². The van der Waals surface area contributed by atoms with Crippen molar-refractivity contribution in [1.82, 2.24) is 5.32 Å². The van der Waals surface area contributed by atoms with Crippen LogP contribution in [0.15, 0.2) is 18.2 Å². The fourth-order valence-electron chi connectivity index (χ4n) is 2.12. The zero-order valence-electron chi connectivity index (χ0n) is 10.8. The van der Waals surface area contributed by atoms with Gasteiger partial charge in [0.1, 0.15) is 5.56 Å². The minimum atomic E-state index is -0.595. The van der Waals surface area contributed by atoms with Gasteiger partial charge in [0.25, 0.3) is 11.6 Å². The Morgan fingerprint density at radius 2 is 2.30 bits per heavy atom. The lowest BCUT2D eigenvalue weighted by Gasteiger charge is -2.22. The largest absolute Gasteiger partial charge is 0.376 e. The Bertz CT molecular complexity index is 515. The second-order valence-corrected chi connectivity index (χ2v) is 5.05. The number of carbonyl (C=O) groups excluding carboxylic acids is 1. The molecule has 1 aromatic carbocycles. The van der Waals surface area contributed by atoms with E-state index in [0.717, 1.165) is 19.3 Å². The molecule has 7 heteroatoms. The van der Waals surface area contributed by atoms with E-state index >= 15 is 0 Å². The first kappa shape index (κ1) is 14.7. The first-order valence-electron chi connectivity index (χ1n) is 6.41. The third-order valence-electron chi connectivity index (χ3n) is 3.16. The summed E-state index contributed by atoms with van der Waals surface area (Å²) < 4.78 is 5.49. The quantitative estimate of drug-likeness (QED) is 0.684. The van der Waals surface area contributed by atoms with Crippen LogP contribution in [0.5, 0.6) is 0 Å². The van der Waals surface area contributed by atoms with Crippen LogP contribution in [0.25, 0.3) is 0 Å². The van der Waals surface area contributed by atoms with Crippen molar-refractivity contribution in [3.8, 4) is 0 Å². The van der Waals surface area contributed by atoms with Gasteiger partial charge in [-0.2, -0.15) is 0 Å². The highest BCUT2D eigenvalue weighted by atomic mass is 35.5. The molecule has 0 saturated carbocycles. The average Bonchev–Trinajstić information content (AvgIpc) is 2.45. The van der Waals surface area contributed by atoms with Crippen LogP contribution in [0.3, 0.4) is 0 Å².